The summed E-state index contributed by atoms with van der Waals surface area (Å²) in [5.41, 5.74) is 5.89. The zero-order valence-electron chi connectivity index (χ0n) is 7.31. The van der Waals surface area contributed by atoms with Gasteiger partial charge in [0.05, 0.1) is 0 Å². The Balaban J connectivity index is 4.65. The first-order valence-electron chi connectivity index (χ1n) is 3.81. The molecule has 0 aliphatic carbocycles. The van der Waals surface area contributed by atoms with Gasteiger partial charge < -0.3 is 0 Å². The van der Waals surface area contributed by atoms with Gasteiger partial charge in [-0.2, -0.15) is 0 Å². The molecule has 0 radical (unpaired) electrons. The average molecular weight is 353 g/mol. The molecule has 0 aromatic rings. The van der Waals surface area contributed by atoms with Crippen LogP contribution in [-0.2, 0) is 9.59 Å². The van der Waals surface area contributed by atoms with Crippen LogP contribution in [-0.4, -0.2) is 40.4 Å². The number of aliphatic hydroxyl groups excluding tert-OH is 1. The van der Waals surface area contributed by atoms with Gasteiger partial charge in [-0.1, -0.05) is 0 Å². The molecule has 0 fully saturated rings. The molecule has 0 rings (SSSR count). The Morgan fingerprint density at radius 3 is 1.93 bits per heavy atom. The number of carbonyl (C=O) groups is 2. The van der Waals surface area contributed by atoms with Crippen molar-refractivity contribution in [2.24, 2.45) is 0.877 Å². The third kappa shape index (κ3) is 6.77. The van der Waals surface area contributed by atoms with Gasteiger partial charge in [0.25, 0.3) is 0 Å². The van der Waals surface area contributed by atoms with Gasteiger partial charge in [0.1, 0.15) is 0 Å². The van der Waals surface area contributed by atoms with Crippen molar-refractivity contribution in [3.63, 3.8) is 0 Å². The molecule has 0 saturated heterocycles. The van der Waals surface area contributed by atoms with Crippen molar-refractivity contribution in [3.05, 3.63) is 0 Å². The standard InChI is InChI=1S/C2H5NO.2C2H3O2.Ce.ClH/c3-1-2-4;2*1-2(3)4;;/h4H,1-2H2;2*1H2,(H,3,4);;1H/q;;;+1;/p-1. The van der Waals surface area contributed by atoms with Crippen LogP contribution in [0.4, 0.5) is 0 Å². The Bertz CT molecular complexity index is 259. The average Bonchev–Trinajstić information content (AvgIpc) is 1.97. The molecule has 0 aliphatic heterocycles. The van der Waals surface area contributed by atoms with Gasteiger partial charge in [-0.05, 0) is 0 Å². The molecule has 0 saturated carbocycles. The van der Waals surface area contributed by atoms with Crippen molar-refractivity contribution in [3.8, 4) is 0 Å². The van der Waals surface area contributed by atoms with E-state index in [0.717, 1.165) is 0 Å². The molecular weight excluding hydrogens is 342 g/mol. The molecule has 3 N–H and O–H groups in total. The summed E-state index contributed by atoms with van der Waals surface area (Å²) in [6, 6.07) is 0. The second kappa shape index (κ2) is 6.78. The summed E-state index contributed by atoms with van der Waals surface area (Å²) in [6.07, 6.45) is 0. The van der Waals surface area contributed by atoms with Crippen molar-refractivity contribution in [1.29, 1.82) is 0 Å². The molecule has 81 valence electrons. The van der Waals surface area contributed by atoms with Crippen LogP contribution in [0.25, 0.3) is 0 Å². The summed E-state index contributed by atoms with van der Waals surface area (Å²) in [4.78, 5) is 20.8. The topological polar surface area (TPSA) is 107 Å². The second-order valence-electron chi connectivity index (χ2n) is 2.66. The Hall–Kier alpha value is 0.367. The summed E-state index contributed by atoms with van der Waals surface area (Å²) in [5.74, 6) is -2.27. The van der Waals surface area contributed by atoms with Crippen LogP contribution in [0.5, 0.6) is 0 Å². The van der Waals surface area contributed by atoms with Crippen molar-refractivity contribution in [1.82, 2.24) is 0 Å². The van der Waals surface area contributed by atoms with Crippen molar-refractivity contribution >= 4 is 17.6 Å². The van der Waals surface area contributed by atoms with E-state index in [4.69, 9.17) is 20.9 Å². The van der Waals surface area contributed by atoms with E-state index in [1.54, 1.807) is 0 Å². The molecule has 0 aliphatic rings. The van der Waals surface area contributed by atoms with Crippen LogP contribution in [0.1, 0.15) is 0 Å². The van der Waals surface area contributed by atoms with E-state index >= 15 is 0 Å². The maximum absolute atomic E-state index is 10.4. The predicted molar refractivity (Wildman–Crippen MR) is 45.1 cm³/mol. The second-order valence-corrected chi connectivity index (χ2v) is 16.8. The maximum atomic E-state index is 10.4. The van der Waals surface area contributed by atoms with Gasteiger partial charge in [0.15, 0.2) is 0 Å². The normalized spacial score (nSPS) is 11.0. The van der Waals surface area contributed by atoms with Gasteiger partial charge in [-0.3, -0.25) is 0 Å². The Morgan fingerprint density at radius 1 is 1.21 bits per heavy atom. The molecule has 8 heteroatoms. The van der Waals surface area contributed by atoms with E-state index in [1.807, 2.05) is 0 Å². The van der Waals surface area contributed by atoms with Gasteiger partial charge in [0.2, 0.25) is 0 Å². The quantitative estimate of drug-likeness (QED) is 0.644. The Kier molecular flexibility index (Phi) is 6.96. The molecule has 0 atom stereocenters. The van der Waals surface area contributed by atoms with Crippen LogP contribution < -0.4 is 0 Å². The Labute approximate surface area is 91.0 Å². The summed E-state index contributed by atoms with van der Waals surface area (Å²) < 4.78 is 3.11. The third-order valence-corrected chi connectivity index (χ3v) is 11.9. The first-order chi connectivity index (χ1) is 6.39. The molecule has 0 aromatic carbocycles. The fourth-order valence-corrected chi connectivity index (χ4v) is 8.75. The SMILES string of the molecule is O=C(O)[CH2][Ce]([Cl])([CH2]C(=O)O)=[N]CCO. The Morgan fingerprint density at radius 2 is 1.64 bits per heavy atom. The predicted octanol–water partition coefficient (Wildman–Crippen LogP) is 0.478. The fourth-order valence-electron chi connectivity index (χ4n) is 0.888. The molecule has 0 heterocycles. The van der Waals surface area contributed by atoms with Crippen LogP contribution in [0.2, 0.25) is 3.88 Å². The number of halogens is 1. The van der Waals surface area contributed by atoms with E-state index in [2.05, 4.69) is 0.877 Å². The molecule has 0 spiro atoms. The molecular formula is C6H11CeClNO5. The number of hydrogen-bond donors (Lipinski definition) is 3. The fraction of sp³-hybridized carbons (Fsp3) is 0.667. The van der Waals surface area contributed by atoms with E-state index in [0.29, 0.717) is 0 Å². The molecule has 14 heavy (non-hydrogen) atoms. The van der Waals surface area contributed by atoms with Crippen molar-refractivity contribution in [2.75, 3.05) is 13.2 Å². The van der Waals surface area contributed by atoms with E-state index in [9.17, 15) is 9.59 Å². The third-order valence-electron chi connectivity index (χ3n) is 1.34. The molecule has 0 unspecified atom stereocenters. The minimum atomic E-state index is -4.05. The van der Waals surface area contributed by atoms with Crippen LogP contribution in [0.15, 0.2) is 0.877 Å². The summed E-state index contributed by atoms with van der Waals surface area (Å²) in [6.45, 7) is -0.223. The number of aliphatic hydroxyl groups is 1. The van der Waals surface area contributed by atoms with Gasteiger partial charge in [-0.25, -0.2) is 0 Å². The number of rotatable bonds is 6. The number of aliphatic carboxylic acids is 2. The van der Waals surface area contributed by atoms with Crippen molar-refractivity contribution < 1.29 is 56.6 Å². The number of hydrogen-bond acceptors (Lipinski definition) is 4. The number of carboxylic acids is 2. The summed E-state index contributed by atoms with van der Waals surface area (Å²) in [7, 11) is 0. The summed E-state index contributed by atoms with van der Waals surface area (Å²) >= 11 is -4.05. The van der Waals surface area contributed by atoms with Crippen LogP contribution in [0.3, 0.4) is 0 Å². The number of nitrogens with zero attached hydrogens (tertiary/aromatic N) is 1. The summed E-state index contributed by atoms with van der Waals surface area (Å²) in [5, 5.41) is 25.5. The number of carboxylic acid groups (broad SMARTS) is 2. The first-order valence-corrected chi connectivity index (χ1v) is 13.6. The van der Waals surface area contributed by atoms with E-state index in [-0.39, 0.29) is 17.0 Å². The van der Waals surface area contributed by atoms with Gasteiger partial charge >= 0.3 is 92.0 Å². The van der Waals surface area contributed by atoms with E-state index < -0.39 is 43.6 Å². The monoisotopic (exact) mass is 352 g/mol. The molecule has 0 bridgehead atoms. The van der Waals surface area contributed by atoms with E-state index in [1.165, 1.54) is 0 Å². The molecule has 0 amide bonds. The first kappa shape index (κ1) is 14.4. The van der Waals surface area contributed by atoms with Crippen LogP contribution in [0, 0.1) is 31.7 Å². The zero-order valence-corrected chi connectivity index (χ0v) is 11.2. The molecule has 0 aromatic heterocycles. The van der Waals surface area contributed by atoms with Crippen molar-refractivity contribution in [2.45, 2.75) is 3.88 Å². The zero-order chi connectivity index (χ0) is 11.2. The van der Waals surface area contributed by atoms with Crippen LogP contribution >= 0.6 is 5.63 Å². The minimum absolute atomic E-state index is 0.0195. The van der Waals surface area contributed by atoms with Gasteiger partial charge in [0, 0.05) is 0 Å². The van der Waals surface area contributed by atoms with Gasteiger partial charge in [-0.15, -0.1) is 0 Å². The molecule has 6 nitrogen and oxygen atoms in total.